The van der Waals surface area contributed by atoms with E-state index in [1.54, 1.807) is 41.1 Å². The van der Waals surface area contributed by atoms with E-state index >= 15 is 4.39 Å². The van der Waals surface area contributed by atoms with E-state index in [9.17, 15) is 9.59 Å². The van der Waals surface area contributed by atoms with Gasteiger partial charge in [-0.3, -0.25) is 14.1 Å². The molecule has 5 rings (SSSR count). The van der Waals surface area contributed by atoms with E-state index in [0.29, 0.717) is 34.0 Å². The lowest BCUT2D eigenvalue weighted by Gasteiger charge is -2.14. The molecule has 0 unspecified atom stereocenters. The van der Waals surface area contributed by atoms with Crippen LogP contribution in [0, 0.1) is 5.82 Å². The molecule has 1 aromatic carbocycles. The summed E-state index contributed by atoms with van der Waals surface area (Å²) in [6.07, 6.45) is 2.21. The number of hydrogen-bond acceptors (Lipinski definition) is 8. The first kappa shape index (κ1) is 20.4. The van der Waals surface area contributed by atoms with Gasteiger partial charge in [-0.05, 0) is 41.1 Å². The van der Waals surface area contributed by atoms with Crippen LogP contribution in [0.1, 0.15) is 6.92 Å². The van der Waals surface area contributed by atoms with Crippen molar-refractivity contribution in [1.29, 1.82) is 0 Å². The van der Waals surface area contributed by atoms with Gasteiger partial charge < -0.3 is 15.9 Å². The van der Waals surface area contributed by atoms with Crippen molar-refractivity contribution in [3.8, 4) is 22.6 Å². The van der Waals surface area contributed by atoms with Crippen LogP contribution in [0.4, 0.5) is 14.9 Å². The molecule has 0 bridgehead atoms. The van der Waals surface area contributed by atoms with Gasteiger partial charge in [-0.1, -0.05) is 4.91 Å². The number of ether oxygens (including phenoxy) is 1. The lowest BCUT2D eigenvalue weighted by molar-refractivity contribution is -0.119. The molecule has 3 aromatic heterocycles. The molecule has 1 aliphatic heterocycles. The number of benzene rings is 1. The monoisotopic (exact) mass is 451 g/mol. The van der Waals surface area contributed by atoms with Crippen LogP contribution in [-0.4, -0.2) is 60.9 Å². The first-order valence-electron chi connectivity index (χ1n) is 9.94. The van der Waals surface area contributed by atoms with Crippen molar-refractivity contribution in [3.63, 3.8) is 0 Å². The van der Waals surface area contributed by atoms with Gasteiger partial charge in [-0.25, -0.2) is 14.2 Å². The van der Waals surface area contributed by atoms with Crippen molar-refractivity contribution in [2.24, 2.45) is 0 Å². The van der Waals surface area contributed by atoms with Gasteiger partial charge >= 0.3 is 6.09 Å². The summed E-state index contributed by atoms with van der Waals surface area (Å²) < 4.78 is 22.0. The van der Waals surface area contributed by atoms with Crippen LogP contribution in [0.15, 0.2) is 42.7 Å². The lowest BCUT2D eigenvalue weighted by atomic mass is 10.1. The number of hydrogen-bond donors (Lipinski definition) is 2. The van der Waals surface area contributed by atoms with Gasteiger partial charge in [0.25, 0.3) is 0 Å². The third-order valence-corrected chi connectivity index (χ3v) is 5.20. The summed E-state index contributed by atoms with van der Waals surface area (Å²) in [6.45, 7) is 1.79. The molecule has 4 aromatic rings. The Balaban J connectivity index is 1.39. The number of nitrogens with one attached hydrogen (secondary N) is 1. The van der Waals surface area contributed by atoms with Crippen molar-refractivity contribution >= 4 is 23.3 Å². The van der Waals surface area contributed by atoms with Crippen LogP contribution in [0.5, 0.6) is 0 Å². The summed E-state index contributed by atoms with van der Waals surface area (Å²) in [7, 11) is 0. The fourth-order valence-corrected chi connectivity index (χ4v) is 3.64. The minimum absolute atomic E-state index is 0.196. The molecule has 0 radical (unpaired) electrons. The highest BCUT2D eigenvalue weighted by Gasteiger charge is 2.32. The number of carbonyl (C=O) groups excluding carboxylic acids is 2. The van der Waals surface area contributed by atoms with Crippen molar-refractivity contribution < 1.29 is 18.7 Å². The zero-order valence-corrected chi connectivity index (χ0v) is 17.3. The average Bonchev–Trinajstić information content (AvgIpc) is 3.49. The van der Waals surface area contributed by atoms with Gasteiger partial charge in [0.2, 0.25) is 11.7 Å². The number of nitrogen functional groups attached to an aromatic ring is 1. The smallest absolute Gasteiger partial charge is 0.414 e. The summed E-state index contributed by atoms with van der Waals surface area (Å²) in [4.78, 5) is 29.8. The van der Waals surface area contributed by atoms with E-state index in [1.807, 2.05) is 0 Å². The maximum Gasteiger partial charge on any atom is 0.414 e. The van der Waals surface area contributed by atoms with E-state index in [4.69, 9.17) is 10.6 Å². The van der Waals surface area contributed by atoms with E-state index in [2.05, 4.69) is 25.7 Å². The van der Waals surface area contributed by atoms with E-state index in [0.717, 1.165) is 4.91 Å². The summed E-state index contributed by atoms with van der Waals surface area (Å²) in [6, 6.07) is 7.97. The molecule has 1 atom stereocenters. The van der Waals surface area contributed by atoms with Crippen molar-refractivity contribution in [2.45, 2.75) is 13.0 Å². The van der Waals surface area contributed by atoms with Crippen molar-refractivity contribution in [2.75, 3.05) is 23.8 Å². The molecular weight excluding hydrogens is 433 g/mol. The van der Waals surface area contributed by atoms with Crippen molar-refractivity contribution in [3.05, 3.63) is 48.5 Å². The number of nitrogens with two attached hydrogens (primary N) is 1. The number of imidazole rings is 1. The van der Waals surface area contributed by atoms with E-state index in [1.165, 1.54) is 17.9 Å². The number of nitrogens with zero attached hydrogens (tertiary/aromatic N) is 7. The summed E-state index contributed by atoms with van der Waals surface area (Å²) >= 11 is 0. The van der Waals surface area contributed by atoms with E-state index < -0.39 is 18.0 Å². The number of halogens is 1. The Morgan fingerprint density at radius 2 is 2.18 bits per heavy atom. The molecule has 1 fully saturated rings. The minimum Gasteiger partial charge on any atom is -0.442 e. The highest BCUT2D eigenvalue weighted by Crippen LogP contribution is 2.30. The molecule has 4 heterocycles. The molecule has 13 heteroatoms. The SMILES string of the molecule is CC(=O)NC[C@H]1CN(c2ccc(-c3ccn4c(-c5nnn(N)n5)cnc4c3)c(F)c2)C(=O)O1. The van der Waals surface area contributed by atoms with E-state index in [-0.39, 0.29) is 19.0 Å². The van der Waals surface area contributed by atoms with Crippen LogP contribution in [0.25, 0.3) is 28.3 Å². The molecule has 12 nitrogen and oxygen atoms in total. The van der Waals surface area contributed by atoms with Gasteiger partial charge in [0.1, 0.15) is 23.3 Å². The number of fused-ring (bicyclic) bond motifs is 1. The van der Waals surface area contributed by atoms with Gasteiger partial charge in [0.15, 0.2) is 0 Å². The fourth-order valence-electron chi connectivity index (χ4n) is 3.64. The maximum atomic E-state index is 15.0. The quantitative estimate of drug-likeness (QED) is 0.427. The van der Waals surface area contributed by atoms with Gasteiger partial charge in [-0.15, -0.1) is 10.2 Å². The second kappa shape index (κ2) is 7.85. The maximum absolute atomic E-state index is 15.0. The van der Waals surface area contributed by atoms with Crippen LogP contribution in [-0.2, 0) is 9.53 Å². The van der Waals surface area contributed by atoms with Crippen LogP contribution in [0.2, 0.25) is 0 Å². The molecule has 0 aliphatic carbocycles. The first-order valence-corrected chi connectivity index (χ1v) is 9.94. The molecular formula is C20H18FN9O3. The zero-order chi connectivity index (χ0) is 23.1. The normalized spacial score (nSPS) is 15.8. The Morgan fingerprint density at radius 3 is 2.91 bits per heavy atom. The van der Waals surface area contributed by atoms with Crippen LogP contribution >= 0.6 is 0 Å². The number of anilines is 1. The van der Waals surface area contributed by atoms with Gasteiger partial charge in [0.05, 0.1) is 25.0 Å². The number of amides is 2. The Kier molecular flexibility index (Phi) is 4.84. The number of aromatic nitrogens is 6. The summed E-state index contributed by atoms with van der Waals surface area (Å²) in [5.41, 5.74) is 2.46. The van der Waals surface area contributed by atoms with Crippen molar-refractivity contribution in [1.82, 2.24) is 35.0 Å². The molecule has 168 valence electrons. The second-order valence-corrected chi connectivity index (χ2v) is 7.44. The molecule has 1 aliphatic rings. The third-order valence-electron chi connectivity index (χ3n) is 5.20. The molecule has 2 amide bonds. The Morgan fingerprint density at radius 1 is 1.33 bits per heavy atom. The topological polar surface area (TPSA) is 146 Å². The number of rotatable bonds is 5. The highest BCUT2D eigenvalue weighted by molar-refractivity contribution is 5.90. The molecule has 0 saturated carbocycles. The van der Waals surface area contributed by atoms with Gasteiger partial charge in [0, 0.05) is 18.7 Å². The largest absolute Gasteiger partial charge is 0.442 e. The fraction of sp³-hybridized carbons (Fsp3) is 0.200. The Bertz CT molecular complexity index is 1380. The lowest BCUT2D eigenvalue weighted by Crippen LogP contribution is -2.33. The number of tetrazole rings is 1. The highest BCUT2D eigenvalue weighted by atomic mass is 19.1. The summed E-state index contributed by atoms with van der Waals surface area (Å²) in [5, 5.41) is 14.1. The van der Waals surface area contributed by atoms with Crippen LogP contribution < -0.4 is 16.1 Å². The molecule has 33 heavy (non-hydrogen) atoms. The molecule has 1 saturated heterocycles. The standard InChI is InChI=1S/C20H18FN9O3/c1-11(31)23-8-14-10-29(20(32)33-14)13-2-3-15(16(21)7-13)12-4-5-28-17(9-24-18(28)6-12)19-25-27-30(22)26-19/h2-7,9,14H,8,10,22H2,1H3,(H,23,31)/t14-/m0/s1. The first-order chi connectivity index (χ1) is 15.9. The Labute approximate surface area is 185 Å². The predicted octanol–water partition coefficient (Wildman–Crippen LogP) is 0.969. The predicted molar refractivity (Wildman–Crippen MR) is 114 cm³/mol. The summed E-state index contributed by atoms with van der Waals surface area (Å²) in [5.74, 6) is 5.04. The number of cyclic esters (lactones) is 1. The minimum atomic E-state index is -0.591. The average molecular weight is 451 g/mol. The third kappa shape index (κ3) is 3.79. The molecule has 3 N–H and O–H groups in total. The number of carbonyl (C=O) groups is 2. The Hall–Kier alpha value is -4.55. The zero-order valence-electron chi connectivity index (χ0n) is 17.3. The number of pyridine rings is 1. The second-order valence-electron chi connectivity index (χ2n) is 7.44. The molecule has 0 spiro atoms. The van der Waals surface area contributed by atoms with Crippen LogP contribution in [0.3, 0.4) is 0 Å². The van der Waals surface area contributed by atoms with Gasteiger partial charge in [-0.2, -0.15) is 0 Å².